The molecular formula is C41H37N5O7S. The van der Waals surface area contributed by atoms with Gasteiger partial charge in [0.25, 0.3) is 11.8 Å². The van der Waals surface area contributed by atoms with Crippen molar-refractivity contribution in [2.75, 3.05) is 30.3 Å². The molecule has 2 saturated heterocycles. The van der Waals surface area contributed by atoms with Gasteiger partial charge in [-0.2, -0.15) is 4.31 Å². The van der Waals surface area contributed by atoms with Crippen LogP contribution in [0.3, 0.4) is 0 Å². The van der Waals surface area contributed by atoms with Crippen molar-refractivity contribution < 1.29 is 32.7 Å². The van der Waals surface area contributed by atoms with Crippen LogP contribution in [0.15, 0.2) is 89.8 Å². The zero-order valence-electron chi connectivity index (χ0n) is 29.3. The molecule has 54 heavy (non-hydrogen) atoms. The van der Waals surface area contributed by atoms with Gasteiger partial charge in [0.1, 0.15) is 6.04 Å². The van der Waals surface area contributed by atoms with Gasteiger partial charge in [0.05, 0.1) is 41.3 Å². The Morgan fingerprint density at radius 1 is 0.907 bits per heavy atom. The number of nitrogens with zero attached hydrogens (tertiary/aromatic N) is 2. The predicted molar refractivity (Wildman–Crippen MR) is 201 cm³/mol. The Morgan fingerprint density at radius 3 is 2.46 bits per heavy atom. The Bertz CT molecular complexity index is 2400. The topological polar surface area (TPSA) is 165 Å². The van der Waals surface area contributed by atoms with E-state index in [-0.39, 0.29) is 54.0 Å². The van der Waals surface area contributed by atoms with E-state index in [1.165, 1.54) is 0 Å². The molecule has 4 N–H and O–H groups in total. The molecule has 0 aliphatic carbocycles. The molecule has 4 aliphatic rings. The summed E-state index contributed by atoms with van der Waals surface area (Å²) >= 11 is 0. The van der Waals surface area contributed by atoms with E-state index in [2.05, 4.69) is 27.8 Å². The number of carbonyl (C=O) groups is 4. The number of aliphatic hydroxyl groups excluding tert-OH is 1. The third-order valence-corrected chi connectivity index (χ3v) is 12.6. The second-order valence-electron chi connectivity index (χ2n) is 14.0. The first-order valence-corrected chi connectivity index (χ1v) is 19.3. The number of aryl methyl sites for hydroxylation is 1. The Hall–Kier alpha value is -5.81. The third kappa shape index (κ3) is 6.12. The summed E-state index contributed by atoms with van der Waals surface area (Å²) in [5, 5.41) is 19.1. The Morgan fingerprint density at radius 2 is 1.69 bits per heavy atom. The first-order chi connectivity index (χ1) is 26.0. The summed E-state index contributed by atoms with van der Waals surface area (Å²) in [6.07, 6.45) is 0.732. The van der Waals surface area contributed by atoms with Crippen molar-refractivity contribution in [3.05, 3.63) is 113 Å². The number of sulfonamides is 1. The van der Waals surface area contributed by atoms with E-state index in [9.17, 15) is 32.7 Å². The number of aliphatic hydroxyl groups is 1. The molecular weight excluding hydrogens is 707 g/mol. The zero-order valence-corrected chi connectivity index (χ0v) is 30.2. The normalized spacial score (nSPS) is 22.1. The van der Waals surface area contributed by atoms with Gasteiger partial charge in [-0.05, 0) is 85.0 Å². The van der Waals surface area contributed by atoms with E-state index in [4.69, 9.17) is 0 Å². The molecule has 4 aliphatic heterocycles. The first-order valence-electron chi connectivity index (χ1n) is 17.8. The Labute approximate surface area is 312 Å². The van der Waals surface area contributed by atoms with E-state index < -0.39 is 45.7 Å². The predicted octanol–water partition coefficient (Wildman–Crippen LogP) is 4.07. The number of piperidine rings is 1. The Kier molecular flexibility index (Phi) is 9.05. The van der Waals surface area contributed by atoms with Crippen LogP contribution in [0.2, 0.25) is 0 Å². The first kappa shape index (κ1) is 35.2. The van der Waals surface area contributed by atoms with Crippen molar-refractivity contribution in [3.8, 4) is 23.0 Å². The second-order valence-corrected chi connectivity index (χ2v) is 15.9. The third-order valence-electron chi connectivity index (χ3n) is 10.7. The van der Waals surface area contributed by atoms with Gasteiger partial charge in [-0.3, -0.25) is 29.4 Å². The summed E-state index contributed by atoms with van der Waals surface area (Å²) in [5.74, 6) is 3.86. The van der Waals surface area contributed by atoms with Crippen molar-refractivity contribution >= 4 is 45.0 Å². The SMILES string of the molecule is Cc1ccc(S(=O)(=O)N2CC[C@@H]3[C@H](CO)Nc4ccc(-c5cccc(C#CCNc6cccc7c6C(=O)N(C6CCC(=O)NC6=O)C7=O)c5)cc4[C@@H]32)cc1. The monoisotopic (exact) mass is 743 g/mol. The maximum atomic E-state index is 14.0. The van der Waals surface area contributed by atoms with Crippen LogP contribution in [0.4, 0.5) is 11.4 Å². The van der Waals surface area contributed by atoms with Gasteiger partial charge in [0.15, 0.2) is 0 Å². The smallest absolute Gasteiger partial charge is 0.264 e. The molecule has 4 amide bonds. The van der Waals surface area contributed by atoms with E-state index in [0.717, 1.165) is 38.4 Å². The van der Waals surface area contributed by atoms with Gasteiger partial charge in [-0.25, -0.2) is 8.42 Å². The number of hydrogen-bond donors (Lipinski definition) is 4. The number of benzene rings is 4. The fraction of sp³-hybridized carbons (Fsp3) is 0.268. The molecule has 12 nitrogen and oxygen atoms in total. The number of fused-ring (bicyclic) bond motifs is 4. The molecule has 274 valence electrons. The highest BCUT2D eigenvalue weighted by Gasteiger charge is 2.49. The lowest BCUT2D eigenvalue weighted by molar-refractivity contribution is -0.136. The molecule has 4 atom stereocenters. The van der Waals surface area contributed by atoms with E-state index >= 15 is 0 Å². The zero-order chi connectivity index (χ0) is 37.7. The molecule has 0 radical (unpaired) electrons. The maximum absolute atomic E-state index is 14.0. The van der Waals surface area contributed by atoms with Crippen LogP contribution in [0, 0.1) is 24.7 Å². The number of amides is 4. The van der Waals surface area contributed by atoms with Crippen molar-refractivity contribution in [1.29, 1.82) is 0 Å². The van der Waals surface area contributed by atoms with Crippen LogP contribution in [0.25, 0.3) is 11.1 Å². The average molecular weight is 744 g/mol. The molecule has 8 rings (SSSR count). The molecule has 2 fully saturated rings. The van der Waals surface area contributed by atoms with Gasteiger partial charge in [-0.1, -0.05) is 53.8 Å². The van der Waals surface area contributed by atoms with Crippen molar-refractivity contribution in [2.45, 2.75) is 49.2 Å². The van der Waals surface area contributed by atoms with E-state index in [0.29, 0.717) is 18.7 Å². The van der Waals surface area contributed by atoms with E-state index in [1.54, 1.807) is 46.8 Å². The molecule has 4 aromatic carbocycles. The minimum Gasteiger partial charge on any atom is -0.394 e. The molecule has 4 heterocycles. The van der Waals surface area contributed by atoms with Crippen LogP contribution in [0.1, 0.15) is 62.7 Å². The molecule has 0 aromatic heterocycles. The highest BCUT2D eigenvalue weighted by Crippen LogP contribution is 2.49. The van der Waals surface area contributed by atoms with Crippen molar-refractivity contribution in [3.63, 3.8) is 0 Å². The van der Waals surface area contributed by atoms with Crippen molar-refractivity contribution in [2.24, 2.45) is 5.92 Å². The largest absolute Gasteiger partial charge is 0.394 e. The number of anilines is 2. The summed E-state index contributed by atoms with van der Waals surface area (Å²) in [5.41, 5.74) is 5.91. The lowest BCUT2D eigenvalue weighted by atomic mass is 9.82. The van der Waals surface area contributed by atoms with Crippen LogP contribution >= 0.6 is 0 Å². The van der Waals surface area contributed by atoms with Gasteiger partial charge in [0.2, 0.25) is 21.8 Å². The second kappa shape index (κ2) is 13.9. The summed E-state index contributed by atoms with van der Waals surface area (Å²) in [7, 11) is -3.80. The summed E-state index contributed by atoms with van der Waals surface area (Å²) < 4.78 is 29.5. The van der Waals surface area contributed by atoms with Crippen molar-refractivity contribution in [1.82, 2.24) is 14.5 Å². The number of nitrogens with one attached hydrogen (secondary N) is 3. The number of carbonyl (C=O) groups excluding carboxylic acids is 4. The quantitative estimate of drug-likeness (QED) is 0.161. The van der Waals surface area contributed by atoms with Crippen LogP contribution in [0.5, 0.6) is 0 Å². The maximum Gasteiger partial charge on any atom is 0.264 e. The molecule has 0 spiro atoms. The fourth-order valence-electron chi connectivity index (χ4n) is 8.04. The summed E-state index contributed by atoms with van der Waals surface area (Å²) in [4.78, 5) is 51.9. The standard InChI is InChI=1S/C41H37N5O7S/c1-24-10-13-28(14-11-24)54(52,53)45-20-18-29-34(23-47)43-32-15-12-27(22-31(32)38(29)45)26-7-2-5-25(21-26)6-4-19-42-33-9-3-8-30-37(33)41(51)46(40(30)50)35-16-17-36(48)44-39(35)49/h2-3,5,7-15,21-22,29,34-35,38,42-43,47H,16-20,23H2,1H3,(H,44,48,49)/t29-,34+,35?,38-/m1/s1. The van der Waals surface area contributed by atoms with Crippen LogP contribution in [-0.4, -0.2) is 78.1 Å². The Balaban J connectivity index is 1.01. The van der Waals surface area contributed by atoms with E-state index in [1.807, 2.05) is 49.4 Å². The molecule has 1 unspecified atom stereocenters. The highest BCUT2D eigenvalue weighted by atomic mass is 32.2. The number of rotatable bonds is 7. The fourth-order valence-corrected chi connectivity index (χ4v) is 9.71. The number of hydrogen-bond acceptors (Lipinski definition) is 9. The summed E-state index contributed by atoms with van der Waals surface area (Å²) in [6.45, 7) is 2.31. The minimum absolute atomic E-state index is 0.0406. The molecule has 13 heteroatoms. The average Bonchev–Trinajstić information content (AvgIpc) is 3.74. The van der Waals surface area contributed by atoms with Crippen LogP contribution < -0.4 is 16.0 Å². The van der Waals surface area contributed by atoms with Gasteiger partial charge < -0.3 is 15.7 Å². The molecule has 0 bridgehead atoms. The minimum atomic E-state index is -3.80. The molecule has 0 saturated carbocycles. The highest BCUT2D eigenvalue weighted by molar-refractivity contribution is 7.89. The lowest BCUT2D eigenvalue weighted by Crippen LogP contribution is -2.54. The van der Waals surface area contributed by atoms with Crippen LogP contribution in [-0.2, 0) is 19.6 Å². The van der Waals surface area contributed by atoms with Gasteiger partial charge in [0, 0.05) is 35.8 Å². The van der Waals surface area contributed by atoms with Gasteiger partial charge in [-0.15, -0.1) is 0 Å². The number of imide groups is 2. The lowest BCUT2D eigenvalue weighted by Gasteiger charge is -2.39. The van der Waals surface area contributed by atoms with Gasteiger partial charge >= 0.3 is 0 Å². The molecule has 4 aromatic rings. The summed E-state index contributed by atoms with van der Waals surface area (Å²) in [6, 6.07) is 23.6.